The van der Waals surface area contributed by atoms with E-state index < -0.39 is 0 Å². The molecule has 2 aromatic rings. The van der Waals surface area contributed by atoms with Gasteiger partial charge in [-0.1, -0.05) is 35.9 Å². The second kappa shape index (κ2) is 8.03. The Kier molecular flexibility index (Phi) is 5.54. The summed E-state index contributed by atoms with van der Waals surface area (Å²) in [7, 11) is 0. The highest BCUT2D eigenvalue weighted by Gasteiger charge is 2.47. The molecule has 3 amide bonds. The maximum atomic E-state index is 12.4. The van der Waals surface area contributed by atoms with Crippen LogP contribution in [0.25, 0.3) is 0 Å². The molecule has 0 radical (unpaired) electrons. The van der Waals surface area contributed by atoms with E-state index in [9.17, 15) is 14.4 Å². The van der Waals surface area contributed by atoms with E-state index in [1.807, 2.05) is 31.2 Å². The van der Waals surface area contributed by atoms with Crippen LogP contribution < -0.4 is 16.0 Å². The number of benzene rings is 2. The number of amides is 3. The molecule has 0 bridgehead atoms. The summed E-state index contributed by atoms with van der Waals surface area (Å²) in [6.45, 7) is 3.90. The average Bonchev–Trinajstić information content (AvgIpc) is 3.40. The summed E-state index contributed by atoms with van der Waals surface area (Å²) in [6.07, 6.45) is 0.552. The maximum Gasteiger partial charge on any atom is 0.228 e. The molecular formula is C21H23N3O3. The molecule has 6 heteroatoms. The highest BCUT2D eigenvalue weighted by Crippen LogP contribution is 2.39. The van der Waals surface area contributed by atoms with Gasteiger partial charge in [-0.05, 0) is 37.1 Å². The SMILES string of the molecule is CC(=O)Nc1cccc(NC(=O)C2CC2C(=O)NCc2cccc(C)c2)c1. The molecule has 1 fully saturated rings. The first-order valence-electron chi connectivity index (χ1n) is 8.94. The van der Waals surface area contributed by atoms with Crippen LogP contribution in [-0.2, 0) is 20.9 Å². The quantitative estimate of drug-likeness (QED) is 0.736. The molecule has 140 valence electrons. The van der Waals surface area contributed by atoms with Crippen molar-refractivity contribution >= 4 is 29.1 Å². The molecule has 3 rings (SSSR count). The van der Waals surface area contributed by atoms with Crippen molar-refractivity contribution in [2.75, 3.05) is 10.6 Å². The van der Waals surface area contributed by atoms with Crippen LogP contribution in [0.2, 0.25) is 0 Å². The first-order valence-corrected chi connectivity index (χ1v) is 8.94. The van der Waals surface area contributed by atoms with Gasteiger partial charge < -0.3 is 16.0 Å². The molecule has 0 aliphatic heterocycles. The Morgan fingerprint density at radius 2 is 1.59 bits per heavy atom. The number of anilines is 2. The average molecular weight is 365 g/mol. The fourth-order valence-corrected chi connectivity index (χ4v) is 3.03. The number of aryl methyl sites for hydroxylation is 1. The number of hydrogen-bond donors (Lipinski definition) is 3. The first-order chi connectivity index (χ1) is 12.9. The van der Waals surface area contributed by atoms with Crippen LogP contribution in [0.5, 0.6) is 0 Å². The fourth-order valence-electron chi connectivity index (χ4n) is 3.03. The van der Waals surface area contributed by atoms with Gasteiger partial charge in [0.15, 0.2) is 0 Å². The van der Waals surface area contributed by atoms with Gasteiger partial charge in [0, 0.05) is 24.8 Å². The standard InChI is InChI=1S/C21H23N3O3/c1-13-5-3-6-15(9-13)12-22-20(26)18-11-19(18)21(27)24-17-8-4-7-16(10-17)23-14(2)25/h3-10,18-19H,11-12H2,1-2H3,(H,22,26)(H,23,25)(H,24,27). The zero-order valence-electron chi connectivity index (χ0n) is 15.4. The van der Waals surface area contributed by atoms with Crippen LogP contribution in [0.15, 0.2) is 48.5 Å². The molecule has 0 aromatic heterocycles. The van der Waals surface area contributed by atoms with E-state index in [4.69, 9.17) is 0 Å². The van der Waals surface area contributed by atoms with Crippen LogP contribution in [0.3, 0.4) is 0 Å². The Balaban J connectivity index is 1.50. The Bertz CT molecular complexity index is 878. The summed E-state index contributed by atoms with van der Waals surface area (Å²) in [5.41, 5.74) is 3.40. The highest BCUT2D eigenvalue weighted by molar-refractivity contribution is 6.00. The van der Waals surface area contributed by atoms with Crippen LogP contribution >= 0.6 is 0 Å². The van der Waals surface area contributed by atoms with Crippen molar-refractivity contribution in [3.8, 4) is 0 Å². The van der Waals surface area contributed by atoms with Gasteiger partial charge in [-0.3, -0.25) is 14.4 Å². The highest BCUT2D eigenvalue weighted by atomic mass is 16.2. The van der Waals surface area contributed by atoms with Crippen molar-refractivity contribution < 1.29 is 14.4 Å². The lowest BCUT2D eigenvalue weighted by Crippen LogP contribution is -2.27. The van der Waals surface area contributed by atoms with Crippen molar-refractivity contribution in [1.82, 2.24) is 5.32 Å². The predicted molar refractivity (Wildman–Crippen MR) is 104 cm³/mol. The van der Waals surface area contributed by atoms with Crippen LogP contribution in [0.4, 0.5) is 11.4 Å². The van der Waals surface area contributed by atoms with Crippen LogP contribution in [0.1, 0.15) is 24.5 Å². The van der Waals surface area contributed by atoms with Gasteiger partial charge in [0.25, 0.3) is 0 Å². The molecule has 0 heterocycles. The fraction of sp³-hybridized carbons (Fsp3) is 0.286. The van der Waals surface area contributed by atoms with Gasteiger partial charge in [-0.15, -0.1) is 0 Å². The third kappa shape index (κ3) is 5.17. The third-order valence-electron chi connectivity index (χ3n) is 4.46. The van der Waals surface area contributed by atoms with E-state index in [0.29, 0.717) is 24.3 Å². The Morgan fingerprint density at radius 1 is 0.926 bits per heavy atom. The van der Waals surface area contributed by atoms with Crippen molar-refractivity contribution in [3.63, 3.8) is 0 Å². The molecule has 0 saturated heterocycles. The van der Waals surface area contributed by atoms with E-state index in [-0.39, 0.29) is 29.6 Å². The number of hydrogen-bond acceptors (Lipinski definition) is 3. The normalized spacial score (nSPS) is 17.7. The molecule has 1 aliphatic rings. The maximum absolute atomic E-state index is 12.4. The van der Waals surface area contributed by atoms with Crippen molar-refractivity contribution in [2.24, 2.45) is 11.8 Å². The minimum Gasteiger partial charge on any atom is -0.352 e. The second-order valence-corrected chi connectivity index (χ2v) is 6.91. The number of carbonyl (C=O) groups is 3. The second-order valence-electron chi connectivity index (χ2n) is 6.91. The first kappa shape index (κ1) is 18.6. The van der Waals surface area contributed by atoms with E-state index in [1.54, 1.807) is 24.3 Å². The number of nitrogens with one attached hydrogen (secondary N) is 3. The van der Waals surface area contributed by atoms with Crippen LogP contribution in [0, 0.1) is 18.8 Å². The molecule has 27 heavy (non-hydrogen) atoms. The van der Waals surface area contributed by atoms with Gasteiger partial charge in [0.2, 0.25) is 17.7 Å². The lowest BCUT2D eigenvalue weighted by molar-refractivity contribution is -0.125. The smallest absolute Gasteiger partial charge is 0.228 e. The molecule has 1 saturated carbocycles. The van der Waals surface area contributed by atoms with Gasteiger partial charge in [0.1, 0.15) is 0 Å². The Labute approximate surface area is 158 Å². The van der Waals surface area contributed by atoms with Crippen molar-refractivity contribution in [3.05, 3.63) is 59.7 Å². The summed E-state index contributed by atoms with van der Waals surface area (Å²) in [5.74, 6) is -1.04. The van der Waals surface area contributed by atoms with Gasteiger partial charge in [-0.25, -0.2) is 0 Å². The zero-order valence-corrected chi connectivity index (χ0v) is 15.4. The number of rotatable bonds is 6. The lowest BCUT2D eigenvalue weighted by atomic mass is 10.1. The van der Waals surface area contributed by atoms with Gasteiger partial charge >= 0.3 is 0 Å². The summed E-state index contributed by atoms with van der Waals surface area (Å²) >= 11 is 0. The summed E-state index contributed by atoms with van der Waals surface area (Å²) in [6, 6.07) is 14.9. The molecule has 6 nitrogen and oxygen atoms in total. The molecule has 2 atom stereocenters. The van der Waals surface area contributed by atoms with E-state index >= 15 is 0 Å². The monoisotopic (exact) mass is 365 g/mol. The van der Waals surface area contributed by atoms with E-state index in [1.165, 1.54) is 6.92 Å². The molecule has 1 aliphatic carbocycles. The largest absolute Gasteiger partial charge is 0.352 e. The zero-order chi connectivity index (χ0) is 19.4. The molecule has 0 spiro atoms. The van der Waals surface area contributed by atoms with Crippen molar-refractivity contribution in [1.29, 1.82) is 0 Å². The third-order valence-corrected chi connectivity index (χ3v) is 4.46. The van der Waals surface area contributed by atoms with E-state index in [0.717, 1.165) is 11.1 Å². The van der Waals surface area contributed by atoms with Gasteiger partial charge in [0.05, 0.1) is 11.8 Å². The summed E-state index contributed by atoms with van der Waals surface area (Å²) in [4.78, 5) is 35.8. The minimum atomic E-state index is -0.313. The summed E-state index contributed by atoms with van der Waals surface area (Å²) in [5, 5.41) is 8.39. The number of carbonyl (C=O) groups excluding carboxylic acids is 3. The Hall–Kier alpha value is -3.15. The summed E-state index contributed by atoms with van der Waals surface area (Å²) < 4.78 is 0. The predicted octanol–water partition coefficient (Wildman–Crippen LogP) is 2.84. The topological polar surface area (TPSA) is 87.3 Å². The molecular weight excluding hydrogens is 342 g/mol. The van der Waals surface area contributed by atoms with Gasteiger partial charge in [-0.2, -0.15) is 0 Å². The van der Waals surface area contributed by atoms with E-state index in [2.05, 4.69) is 16.0 Å². The lowest BCUT2D eigenvalue weighted by Gasteiger charge is -2.08. The minimum absolute atomic E-state index is 0.0938. The van der Waals surface area contributed by atoms with Crippen molar-refractivity contribution in [2.45, 2.75) is 26.8 Å². The van der Waals surface area contributed by atoms with Crippen LogP contribution in [-0.4, -0.2) is 17.7 Å². The molecule has 2 unspecified atom stereocenters. The molecule has 2 aromatic carbocycles. The molecule has 3 N–H and O–H groups in total. The Morgan fingerprint density at radius 3 is 2.30 bits per heavy atom.